The predicted molar refractivity (Wildman–Crippen MR) is 78.2 cm³/mol. The summed E-state index contributed by atoms with van der Waals surface area (Å²) in [5.41, 5.74) is 1.81. The number of amides is 1. The van der Waals surface area contributed by atoms with Gasteiger partial charge in [-0.15, -0.1) is 0 Å². The lowest BCUT2D eigenvalue weighted by Crippen LogP contribution is -2.35. The van der Waals surface area contributed by atoms with Gasteiger partial charge in [0.25, 0.3) is 0 Å². The van der Waals surface area contributed by atoms with E-state index in [2.05, 4.69) is 10.6 Å². The third-order valence-corrected chi connectivity index (χ3v) is 3.32. The molecule has 1 amide bonds. The maximum atomic E-state index is 12.1. The Morgan fingerprint density at radius 2 is 2.30 bits per heavy atom. The van der Waals surface area contributed by atoms with E-state index in [-0.39, 0.29) is 11.9 Å². The third kappa shape index (κ3) is 3.95. The van der Waals surface area contributed by atoms with E-state index < -0.39 is 0 Å². The molecule has 1 heterocycles. The zero-order valence-corrected chi connectivity index (χ0v) is 12.1. The number of hydrogen-bond donors (Lipinski definition) is 2. The molecule has 110 valence electrons. The van der Waals surface area contributed by atoms with Gasteiger partial charge in [-0.25, -0.2) is 0 Å². The third-order valence-electron chi connectivity index (χ3n) is 3.32. The highest BCUT2D eigenvalue weighted by molar-refractivity contribution is 5.96. The van der Waals surface area contributed by atoms with E-state index in [1.807, 2.05) is 25.1 Å². The summed E-state index contributed by atoms with van der Waals surface area (Å²) in [5, 5.41) is 6.13. The van der Waals surface area contributed by atoms with Crippen LogP contribution < -0.4 is 15.4 Å². The van der Waals surface area contributed by atoms with Crippen molar-refractivity contribution in [2.45, 2.75) is 25.8 Å². The Kier molecular flexibility index (Phi) is 5.38. The average molecular weight is 278 g/mol. The fourth-order valence-corrected chi connectivity index (χ4v) is 2.22. The van der Waals surface area contributed by atoms with Gasteiger partial charge in [0.1, 0.15) is 12.4 Å². The van der Waals surface area contributed by atoms with Gasteiger partial charge in [0, 0.05) is 7.11 Å². The van der Waals surface area contributed by atoms with Crippen LogP contribution in [0.5, 0.6) is 5.75 Å². The standard InChI is InChI=1S/C15H22N2O3/c1-11-5-6-12(14(10-11)20-9-8-19-2)17-15(18)13-4-3-7-16-13/h5-6,10,13,16H,3-4,7-9H2,1-2H3,(H,17,18). The summed E-state index contributed by atoms with van der Waals surface area (Å²) in [4.78, 5) is 12.1. The van der Waals surface area contributed by atoms with Crippen LogP contribution in [0.15, 0.2) is 18.2 Å². The molecule has 1 unspecified atom stereocenters. The van der Waals surface area contributed by atoms with Gasteiger partial charge in [-0.2, -0.15) is 0 Å². The average Bonchev–Trinajstić information content (AvgIpc) is 2.96. The Morgan fingerprint density at radius 1 is 1.45 bits per heavy atom. The summed E-state index contributed by atoms with van der Waals surface area (Å²) in [5.74, 6) is 0.691. The maximum Gasteiger partial charge on any atom is 0.241 e. The van der Waals surface area contributed by atoms with Crippen molar-refractivity contribution >= 4 is 11.6 Å². The largest absolute Gasteiger partial charge is 0.489 e. The van der Waals surface area contributed by atoms with Gasteiger partial charge in [0.15, 0.2) is 0 Å². The predicted octanol–water partition coefficient (Wildman–Crippen LogP) is 1.71. The van der Waals surface area contributed by atoms with E-state index in [1.165, 1.54) is 0 Å². The molecule has 20 heavy (non-hydrogen) atoms. The quantitative estimate of drug-likeness (QED) is 0.778. The maximum absolute atomic E-state index is 12.1. The van der Waals surface area contributed by atoms with Crippen molar-refractivity contribution in [3.63, 3.8) is 0 Å². The zero-order valence-electron chi connectivity index (χ0n) is 12.1. The molecule has 1 aromatic carbocycles. The fraction of sp³-hybridized carbons (Fsp3) is 0.533. The molecule has 5 nitrogen and oxygen atoms in total. The smallest absolute Gasteiger partial charge is 0.241 e. The molecule has 0 bridgehead atoms. The van der Waals surface area contributed by atoms with Crippen LogP contribution in [-0.4, -0.2) is 38.8 Å². The van der Waals surface area contributed by atoms with Crippen molar-refractivity contribution in [3.8, 4) is 5.75 Å². The summed E-state index contributed by atoms with van der Waals surface area (Å²) in [6, 6.07) is 5.67. The molecule has 1 aromatic rings. The molecule has 0 saturated carbocycles. The molecule has 0 aliphatic carbocycles. The van der Waals surface area contributed by atoms with Crippen LogP contribution in [0.25, 0.3) is 0 Å². The Hall–Kier alpha value is -1.59. The minimum atomic E-state index is -0.0943. The van der Waals surface area contributed by atoms with Crippen LogP contribution >= 0.6 is 0 Å². The summed E-state index contributed by atoms with van der Waals surface area (Å²) in [7, 11) is 1.63. The molecule has 1 aliphatic heterocycles. The van der Waals surface area contributed by atoms with Crippen molar-refractivity contribution in [1.82, 2.24) is 5.32 Å². The first-order valence-corrected chi connectivity index (χ1v) is 6.97. The van der Waals surface area contributed by atoms with Gasteiger partial charge >= 0.3 is 0 Å². The molecular formula is C15H22N2O3. The topological polar surface area (TPSA) is 59.6 Å². The van der Waals surface area contributed by atoms with Crippen molar-refractivity contribution < 1.29 is 14.3 Å². The number of methoxy groups -OCH3 is 1. The number of nitrogens with one attached hydrogen (secondary N) is 2. The number of aryl methyl sites for hydroxylation is 1. The second-order valence-electron chi connectivity index (χ2n) is 4.98. The molecule has 1 fully saturated rings. The van der Waals surface area contributed by atoms with E-state index in [0.717, 1.165) is 24.9 Å². The number of ether oxygens (including phenoxy) is 2. The zero-order chi connectivity index (χ0) is 14.4. The number of rotatable bonds is 6. The normalized spacial score (nSPS) is 18.0. The molecule has 0 radical (unpaired) electrons. The Labute approximate surface area is 119 Å². The molecule has 2 N–H and O–H groups in total. The Balaban J connectivity index is 2.03. The van der Waals surface area contributed by atoms with Crippen LogP contribution in [-0.2, 0) is 9.53 Å². The van der Waals surface area contributed by atoms with Crippen LogP contribution in [0.2, 0.25) is 0 Å². The van der Waals surface area contributed by atoms with Gasteiger partial charge in [0.05, 0.1) is 18.3 Å². The second kappa shape index (κ2) is 7.26. The fourth-order valence-electron chi connectivity index (χ4n) is 2.22. The number of benzene rings is 1. The van der Waals surface area contributed by atoms with Gasteiger partial charge in [-0.1, -0.05) is 6.07 Å². The van der Waals surface area contributed by atoms with Crippen LogP contribution in [0.4, 0.5) is 5.69 Å². The van der Waals surface area contributed by atoms with Gasteiger partial charge in [-0.3, -0.25) is 4.79 Å². The monoisotopic (exact) mass is 278 g/mol. The van der Waals surface area contributed by atoms with Crippen LogP contribution in [0.1, 0.15) is 18.4 Å². The Morgan fingerprint density at radius 3 is 3.00 bits per heavy atom. The van der Waals surface area contributed by atoms with Crippen LogP contribution in [0, 0.1) is 6.92 Å². The molecule has 1 aliphatic rings. The number of anilines is 1. The molecule has 0 aromatic heterocycles. The van der Waals surface area contributed by atoms with E-state index in [9.17, 15) is 4.79 Å². The molecule has 1 saturated heterocycles. The van der Waals surface area contributed by atoms with E-state index in [4.69, 9.17) is 9.47 Å². The van der Waals surface area contributed by atoms with E-state index >= 15 is 0 Å². The van der Waals surface area contributed by atoms with Crippen molar-refractivity contribution in [3.05, 3.63) is 23.8 Å². The van der Waals surface area contributed by atoms with Crippen molar-refractivity contribution in [1.29, 1.82) is 0 Å². The van der Waals surface area contributed by atoms with Crippen LogP contribution in [0.3, 0.4) is 0 Å². The van der Waals surface area contributed by atoms with Gasteiger partial charge in [0.2, 0.25) is 5.91 Å². The number of hydrogen-bond acceptors (Lipinski definition) is 4. The molecular weight excluding hydrogens is 256 g/mol. The Bertz CT molecular complexity index is 456. The van der Waals surface area contributed by atoms with E-state index in [1.54, 1.807) is 7.11 Å². The van der Waals surface area contributed by atoms with Crippen molar-refractivity contribution in [2.75, 3.05) is 32.2 Å². The molecule has 5 heteroatoms. The second-order valence-corrected chi connectivity index (χ2v) is 4.98. The molecule has 2 rings (SSSR count). The summed E-state index contributed by atoms with van der Waals surface area (Å²) in [6.07, 6.45) is 1.93. The minimum Gasteiger partial charge on any atom is -0.489 e. The highest BCUT2D eigenvalue weighted by Gasteiger charge is 2.22. The number of carbonyl (C=O) groups is 1. The minimum absolute atomic E-state index is 0.00273. The van der Waals surface area contributed by atoms with Gasteiger partial charge < -0.3 is 20.1 Å². The summed E-state index contributed by atoms with van der Waals surface area (Å²) >= 11 is 0. The lowest BCUT2D eigenvalue weighted by Gasteiger charge is -2.15. The molecule has 0 spiro atoms. The number of carbonyl (C=O) groups excluding carboxylic acids is 1. The lowest BCUT2D eigenvalue weighted by atomic mass is 10.2. The lowest BCUT2D eigenvalue weighted by molar-refractivity contribution is -0.117. The summed E-state index contributed by atoms with van der Waals surface area (Å²) < 4.78 is 10.6. The first kappa shape index (κ1) is 14.8. The van der Waals surface area contributed by atoms with Gasteiger partial charge in [-0.05, 0) is 44.0 Å². The highest BCUT2D eigenvalue weighted by atomic mass is 16.5. The first-order valence-electron chi connectivity index (χ1n) is 6.97. The van der Waals surface area contributed by atoms with Crippen molar-refractivity contribution in [2.24, 2.45) is 0 Å². The molecule has 1 atom stereocenters. The highest BCUT2D eigenvalue weighted by Crippen LogP contribution is 2.26. The first-order chi connectivity index (χ1) is 9.70. The SMILES string of the molecule is COCCOc1cc(C)ccc1NC(=O)C1CCCN1. The van der Waals surface area contributed by atoms with E-state index in [0.29, 0.717) is 24.7 Å². The summed E-state index contributed by atoms with van der Waals surface area (Å²) in [6.45, 7) is 3.88.